The van der Waals surface area contributed by atoms with E-state index in [1.54, 1.807) is 25.1 Å². The molecule has 26 heavy (non-hydrogen) atoms. The van der Waals surface area contributed by atoms with Gasteiger partial charge in [0.2, 0.25) is 11.9 Å². The van der Waals surface area contributed by atoms with E-state index in [0.717, 1.165) is 6.20 Å². The minimum Gasteiger partial charge on any atom is -0.352 e. The third kappa shape index (κ3) is 5.44. The van der Waals surface area contributed by atoms with Gasteiger partial charge in [-0.1, -0.05) is 12.1 Å². The van der Waals surface area contributed by atoms with Crippen LogP contribution in [-0.2, 0) is 0 Å². The molecule has 0 unspecified atom stereocenters. The van der Waals surface area contributed by atoms with Crippen LogP contribution in [0.1, 0.15) is 20.8 Å². The first-order valence-corrected chi connectivity index (χ1v) is 7.93. The molecule has 1 heterocycles. The number of hydrogen-bond donors (Lipinski definition) is 2. The fraction of sp³-hybridized carbons (Fsp3) is 0.222. The highest BCUT2D eigenvalue weighted by atomic mass is 19.1. The van der Waals surface area contributed by atoms with Crippen LogP contribution in [0.5, 0.6) is 0 Å². The quantitative estimate of drug-likeness (QED) is 0.569. The van der Waals surface area contributed by atoms with E-state index >= 15 is 0 Å². The van der Waals surface area contributed by atoms with Crippen LogP contribution >= 0.6 is 0 Å². The second kappa shape index (κ2) is 8.80. The Kier molecular flexibility index (Phi) is 6.48. The molecule has 0 radical (unpaired) electrons. The molecule has 0 atom stereocenters. The molecule has 2 N–H and O–H groups in total. The van der Waals surface area contributed by atoms with Crippen molar-refractivity contribution >= 4 is 18.6 Å². The van der Waals surface area contributed by atoms with Crippen LogP contribution in [0.3, 0.4) is 0 Å². The lowest BCUT2D eigenvalue weighted by molar-refractivity contribution is 0.630. The van der Waals surface area contributed by atoms with Gasteiger partial charge in [-0.3, -0.25) is 4.99 Å². The van der Waals surface area contributed by atoms with E-state index in [9.17, 15) is 8.78 Å². The van der Waals surface area contributed by atoms with Gasteiger partial charge < -0.3 is 10.6 Å². The summed E-state index contributed by atoms with van der Waals surface area (Å²) in [5.41, 5.74) is 0.678. The van der Waals surface area contributed by atoms with Crippen LogP contribution in [0.2, 0.25) is 0 Å². The smallest absolute Gasteiger partial charge is 0.232 e. The molecule has 1 aromatic carbocycles. The molecular weight excluding hydrogens is 338 g/mol. The Labute approximate surface area is 150 Å². The minimum atomic E-state index is -0.575. The number of benzene rings is 1. The van der Waals surface area contributed by atoms with Gasteiger partial charge in [0.1, 0.15) is 11.6 Å². The first-order valence-electron chi connectivity index (χ1n) is 7.93. The van der Waals surface area contributed by atoms with Gasteiger partial charge in [-0.2, -0.15) is 15.0 Å². The summed E-state index contributed by atoms with van der Waals surface area (Å²) in [6, 6.07) is 6.25. The van der Waals surface area contributed by atoms with Crippen molar-refractivity contribution in [1.29, 1.82) is 0 Å². The number of aliphatic imine (C=N–C) groups is 1. The van der Waals surface area contributed by atoms with Crippen LogP contribution in [0.15, 0.2) is 53.1 Å². The molecule has 2 aromatic rings. The zero-order valence-electron chi connectivity index (χ0n) is 14.8. The van der Waals surface area contributed by atoms with Gasteiger partial charge in [0, 0.05) is 11.7 Å². The van der Waals surface area contributed by atoms with Gasteiger partial charge in [0.25, 0.3) is 0 Å². The van der Waals surface area contributed by atoms with E-state index in [-0.39, 0.29) is 29.3 Å². The molecule has 0 aliphatic rings. The van der Waals surface area contributed by atoms with Crippen molar-refractivity contribution in [2.45, 2.75) is 26.8 Å². The van der Waals surface area contributed by atoms with Gasteiger partial charge >= 0.3 is 0 Å². The Morgan fingerprint density at radius 1 is 1.19 bits per heavy atom. The maximum atomic E-state index is 14.1. The van der Waals surface area contributed by atoms with Gasteiger partial charge in [-0.05, 0) is 45.7 Å². The topological polar surface area (TPSA) is 75.1 Å². The number of nitrogens with one attached hydrogen (secondary N) is 2. The fourth-order valence-corrected chi connectivity index (χ4v) is 2.06. The molecule has 0 spiro atoms. The van der Waals surface area contributed by atoms with Crippen molar-refractivity contribution in [3.8, 4) is 11.4 Å². The van der Waals surface area contributed by atoms with Gasteiger partial charge in [0.05, 0.1) is 11.8 Å². The molecule has 6 nitrogen and oxygen atoms in total. The van der Waals surface area contributed by atoms with E-state index in [2.05, 4.69) is 37.3 Å². The summed E-state index contributed by atoms with van der Waals surface area (Å²) in [7, 11) is 0. The molecule has 0 aliphatic heterocycles. The van der Waals surface area contributed by atoms with Crippen LogP contribution in [0.25, 0.3) is 11.4 Å². The predicted molar refractivity (Wildman–Crippen MR) is 100 cm³/mol. The van der Waals surface area contributed by atoms with Crippen LogP contribution in [0.4, 0.5) is 20.7 Å². The number of aromatic nitrogens is 3. The molecule has 0 saturated carbocycles. The third-order valence-electron chi connectivity index (χ3n) is 3.05. The number of halogens is 2. The van der Waals surface area contributed by atoms with Crippen molar-refractivity contribution in [3.05, 3.63) is 53.9 Å². The van der Waals surface area contributed by atoms with E-state index in [0.29, 0.717) is 5.70 Å². The monoisotopic (exact) mass is 358 g/mol. The number of nitrogens with zero attached hydrogens (tertiary/aromatic N) is 4. The molecule has 0 aliphatic carbocycles. The number of hydrogen-bond acceptors (Lipinski definition) is 6. The highest BCUT2D eigenvalue weighted by Gasteiger charge is 2.13. The Hall–Kier alpha value is -3.16. The molecule has 0 amide bonds. The standard InChI is InChI=1S/C18H20F2N6/c1-11(2)22-17-24-16(14-7-5-6-8-15(14)20)25-18(26-17)23-12(3)9-13(19)10-21-4/h5-11H,4H2,1-3H3,(H2,22,23,24,25,26)/b12-9+,13-10+. The summed E-state index contributed by atoms with van der Waals surface area (Å²) in [4.78, 5) is 16.1. The molecule has 8 heteroatoms. The molecule has 0 saturated heterocycles. The summed E-state index contributed by atoms with van der Waals surface area (Å²) in [5, 5.41) is 5.92. The maximum Gasteiger partial charge on any atom is 0.232 e. The summed E-state index contributed by atoms with van der Waals surface area (Å²) in [6.45, 7) is 8.68. The first kappa shape index (κ1) is 19.2. The number of anilines is 2. The van der Waals surface area contributed by atoms with E-state index in [1.165, 1.54) is 12.1 Å². The lowest BCUT2D eigenvalue weighted by Gasteiger charge is -2.12. The number of allylic oxidation sites excluding steroid dienone is 3. The Morgan fingerprint density at radius 2 is 1.88 bits per heavy atom. The summed E-state index contributed by atoms with van der Waals surface area (Å²) >= 11 is 0. The zero-order chi connectivity index (χ0) is 19.1. The molecule has 2 rings (SSSR count). The molecule has 1 aromatic heterocycles. The van der Waals surface area contributed by atoms with Crippen molar-refractivity contribution in [2.75, 3.05) is 10.6 Å². The van der Waals surface area contributed by atoms with E-state index in [1.807, 2.05) is 13.8 Å². The average Bonchev–Trinajstić information content (AvgIpc) is 2.54. The highest BCUT2D eigenvalue weighted by Crippen LogP contribution is 2.21. The molecule has 0 bridgehead atoms. The lowest BCUT2D eigenvalue weighted by atomic mass is 10.2. The maximum absolute atomic E-state index is 14.1. The SMILES string of the molecule is C=N/C=C(F)\C=C(/C)Nc1nc(NC(C)C)nc(-c2ccccc2F)n1. The van der Waals surface area contributed by atoms with Gasteiger partial charge in [-0.25, -0.2) is 8.78 Å². The van der Waals surface area contributed by atoms with Gasteiger partial charge in [-0.15, -0.1) is 0 Å². The predicted octanol–water partition coefficient (Wildman–Crippen LogP) is 4.33. The summed E-state index contributed by atoms with van der Waals surface area (Å²) in [5.74, 6) is -0.408. The van der Waals surface area contributed by atoms with Crippen molar-refractivity contribution in [2.24, 2.45) is 4.99 Å². The molecular formula is C18H20F2N6. The molecule has 136 valence electrons. The first-order chi connectivity index (χ1) is 12.4. The Bertz CT molecular complexity index is 845. The lowest BCUT2D eigenvalue weighted by Crippen LogP contribution is -2.15. The normalized spacial score (nSPS) is 12.2. The highest BCUT2D eigenvalue weighted by molar-refractivity contribution is 5.59. The number of rotatable bonds is 7. The van der Waals surface area contributed by atoms with E-state index < -0.39 is 11.6 Å². The van der Waals surface area contributed by atoms with Gasteiger partial charge in [0.15, 0.2) is 5.82 Å². The Morgan fingerprint density at radius 3 is 2.54 bits per heavy atom. The van der Waals surface area contributed by atoms with Crippen LogP contribution in [0, 0.1) is 5.82 Å². The van der Waals surface area contributed by atoms with Crippen molar-refractivity contribution in [3.63, 3.8) is 0 Å². The fourth-order valence-electron chi connectivity index (χ4n) is 2.06. The molecule has 0 fully saturated rings. The second-order valence-corrected chi connectivity index (χ2v) is 5.73. The largest absolute Gasteiger partial charge is 0.352 e. The second-order valence-electron chi connectivity index (χ2n) is 5.73. The third-order valence-corrected chi connectivity index (χ3v) is 3.05. The average molecular weight is 358 g/mol. The van der Waals surface area contributed by atoms with Crippen molar-refractivity contribution in [1.82, 2.24) is 15.0 Å². The Balaban J connectivity index is 2.42. The van der Waals surface area contributed by atoms with Crippen molar-refractivity contribution < 1.29 is 8.78 Å². The van der Waals surface area contributed by atoms with Crippen LogP contribution < -0.4 is 10.6 Å². The van der Waals surface area contributed by atoms with Crippen LogP contribution in [-0.4, -0.2) is 27.7 Å². The minimum absolute atomic E-state index is 0.0643. The zero-order valence-corrected chi connectivity index (χ0v) is 14.8. The van der Waals surface area contributed by atoms with E-state index in [4.69, 9.17) is 0 Å². The summed E-state index contributed by atoms with van der Waals surface area (Å²) < 4.78 is 27.6. The summed E-state index contributed by atoms with van der Waals surface area (Å²) in [6.07, 6.45) is 2.20.